The average Bonchev–Trinajstić information content (AvgIpc) is 2.67. The Balaban J connectivity index is 2.02. The summed E-state index contributed by atoms with van der Waals surface area (Å²) >= 11 is 0. The van der Waals surface area contributed by atoms with E-state index in [1.54, 1.807) is 6.20 Å². The van der Waals surface area contributed by atoms with Crippen molar-refractivity contribution < 1.29 is 14.7 Å². The van der Waals surface area contributed by atoms with Gasteiger partial charge in [0.25, 0.3) is 5.91 Å². The molecule has 146 valence electrons. The summed E-state index contributed by atoms with van der Waals surface area (Å²) in [5.41, 5.74) is 2.54. The van der Waals surface area contributed by atoms with Gasteiger partial charge in [-0.05, 0) is 26.2 Å². The van der Waals surface area contributed by atoms with Gasteiger partial charge in [0.05, 0.1) is 28.7 Å². The number of benzene rings is 1. The minimum absolute atomic E-state index is 0.0582. The van der Waals surface area contributed by atoms with Crippen LogP contribution in [-0.2, 0) is 4.79 Å². The van der Waals surface area contributed by atoms with Crippen molar-refractivity contribution in [3.8, 4) is 0 Å². The summed E-state index contributed by atoms with van der Waals surface area (Å²) in [6, 6.07) is 7.72. The van der Waals surface area contributed by atoms with Crippen LogP contribution in [0.1, 0.15) is 16.8 Å². The van der Waals surface area contributed by atoms with Gasteiger partial charge in [-0.3, -0.25) is 19.6 Å². The van der Waals surface area contributed by atoms with Crippen LogP contribution in [0.25, 0.3) is 21.8 Å². The van der Waals surface area contributed by atoms with Gasteiger partial charge in [-0.1, -0.05) is 12.1 Å². The summed E-state index contributed by atoms with van der Waals surface area (Å²) < 4.78 is 0. The number of fused-ring (bicyclic) bond motifs is 3. The van der Waals surface area contributed by atoms with Gasteiger partial charge in [0.2, 0.25) is 0 Å². The molecule has 0 atom stereocenters. The first kappa shape index (κ1) is 19.5. The second kappa shape index (κ2) is 8.62. The third-order valence-electron chi connectivity index (χ3n) is 4.34. The van der Waals surface area contributed by atoms with E-state index in [1.165, 1.54) is 6.20 Å². The van der Waals surface area contributed by atoms with Gasteiger partial charge in [-0.2, -0.15) is 0 Å². The van der Waals surface area contributed by atoms with Crippen molar-refractivity contribution in [2.24, 2.45) is 0 Å². The van der Waals surface area contributed by atoms with Gasteiger partial charge in [0.1, 0.15) is 0 Å². The zero-order chi connectivity index (χ0) is 20.1. The number of hydrogen-bond acceptors (Lipinski definition) is 6. The first-order chi connectivity index (χ1) is 13.5. The molecule has 0 bridgehead atoms. The zero-order valence-corrected chi connectivity index (χ0v) is 15.9. The van der Waals surface area contributed by atoms with E-state index < -0.39 is 5.97 Å². The maximum Gasteiger partial charge on any atom is 0.305 e. The number of nitrogens with zero attached hydrogens (tertiary/aromatic N) is 3. The van der Waals surface area contributed by atoms with Gasteiger partial charge >= 0.3 is 5.97 Å². The molecular formula is C20H23N5O3. The molecule has 1 amide bonds. The first-order valence-corrected chi connectivity index (χ1v) is 9.02. The van der Waals surface area contributed by atoms with E-state index in [1.807, 2.05) is 43.3 Å². The summed E-state index contributed by atoms with van der Waals surface area (Å²) in [5, 5.41) is 16.5. The van der Waals surface area contributed by atoms with Gasteiger partial charge in [0, 0.05) is 42.8 Å². The van der Waals surface area contributed by atoms with E-state index in [2.05, 4.69) is 20.6 Å². The summed E-state index contributed by atoms with van der Waals surface area (Å²) in [4.78, 5) is 34.3. The molecule has 0 unspecified atom stereocenters. The highest BCUT2D eigenvalue weighted by atomic mass is 16.4. The fraction of sp³-hybridized carbons (Fsp3) is 0.300. The van der Waals surface area contributed by atoms with Crippen molar-refractivity contribution in [2.45, 2.75) is 6.42 Å². The van der Waals surface area contributed by atoms with Crippen LogP contribution in [0.2, 0.25) is 0 Å². The van der Waals surface area contributed by atoms with Crippen molar-refractivity contribution >= 4 is 39.4 Å². The van der Waals surface area contributed by atoms with Gasteiger partial charge < -0.3 is 20.6 Å². The maximum absolute atomic E-state index is 12.6. The lowest BCUT2D eigenvalue weighted by Gasteiger charge is -2.17. The van der Waals surface area contributed by atoms with Crippen molar-refractivity contribution in [3.05, 3.63) is 42.2 Å². The van der Waals surface area contributed by atoms with Gasteiger partial charge in [-0.25, -0.2) is 0 Å². The molecule has 0 aliphatic carbocycles. The fourth-order valence-electron chi connectivity index (χ4n) is 2.95. The molecule has 0 spiro atoms. The quantitative estimate of drug-likeness (QED) is 0.512. The number of carbonyl (C=O) groups excluding carboxylic acids is 1. The summed E-state index contributed by atoms with van der Waals surface area (Å²) in [7, 11) is 3.95. The minimum atomic E-state index is -0.959. The number of carboxylic acids is 1. The lowest BCUT2D eigenvalue weighted by Crippen LogP contribution is -2.28. The molecule has 0 saturated heterocycles. The molecule has 28 heavy (non-hydrogen) atoms. The lowest BCUT2D eigenvalue weighted by molar-refractivity contribution is -0.136. The van der Waals surface area contributed by atoms with Crippen molar-refractivity contribution in [1.29, 1.82) is 0 Å². The van der Waals surface area contributed by atoms with E-state index in [4.69, 9.17) is 5.11 Å². The first-order valence-electron chi connectivity index (χ1n) is 9.02. The number of pyridine rings is 2. The fourth-order valence-corrected chi connectivity index (χ4v) is 2.95. The highest BCUT2D eigenvalue weighted by Gasteiger charge is 2.17. The number of aliphatic carboxylic acids is 1. The topological polar surface area (TPSA) is 107 Å². The Bertz CT molecular complexity index is 1020. The molecule has 8 heteroatoms. The van der Waals surface area contributed by atoms with E-state index in [0.717, 1.165) is 22.8 Å². The van der Waals surface area contributed by atoms with E-state index >= 15 is 0 Å². The molecule has 1 aromatic carbocycles. The Morgan fingerprint density at radius 2 is 1.93 bits per heavy atom. The highest BCUT2D eigenvalue weighted by Crippen LogP contribution is 2.30. The number of carbonyl (C=O) groups is 2. The van der Waals surface area contributed by atoms with Crippen LogP contribution in [0.4, 0.5) is 5.69 Å². The van der Waals surface area contributed by atoms with E-state index in [0.29, 0.717) is 23.3 Å². The number of nitrogens with one attached hydrogen (secondary N) is 2. The van der Waals surface area contributed by atoms with E-state index in [9.17, 15) is 9.59 Å². The average molecular weight is 381 g/mol. The number of hydrogen-bond donors (Lipinski definition) is 3. The van der Waals surface area contributed by atoms with Crippen LogP contribution in [0.15, 0.2) is 36.7 Å². The van der Waals surface area contributed by atoms with Gasteiger partial charge in [0.15, 0.2) is 0 Å². The zero-order valence-electron chi connectivity index (χ0n) is 15.9. The molecular weight excluding hydrogens is 358 g/mol. The van der Waals surface area contributed by atoms with Crippen LogP contribution >= 0.6 is 0 Å². The van der Waals surface area contributed by atoms with Crippen molar-refractivity contribution in [2.75, 3.05) is 39.0 Å². The number of carboxylic acid groups (broad SMARTS) is 1. The van der Waals surface area contributed by atoms with Crippen molar-refractivity contribution in [1.82, 2.24) is 20.2 Å². The monoisotopic (exact) mass is 381 g/mol. The molecule has 3 rings (SSSR count). The maximum atomic E-state index is 12.6. The number of amides is 1. The predicted octanol–water partition coefficient (Wildman–Crippen LogP) is 1.96. The summed E-state index contributed by atoms with van der Waals surface area (Å²) in [6.45, 7) is 1.49. The van der Waals surface area contributed by atoms with Crippen LogP contribution in [-0.4, -0.2) is 65.6 Å². The second-order valence-electron chi connectivity index (χ2n) is 6.71. The third kappa shape index (κ3) is 4.34. The third-order valence-corrected chi connectivity index (χ3v) is 4.34. The molecule has 3 aromatic rings. The molecule has 2 aromatic heterocycles. The molecule has 8 nitrogen and oxygen atoms in total. The van der Waals surface area contributed by atoms with E-state index in [-0.39, 0.29) is 18.9 Å². The highest BCUT2D eigenvalue weighted by molar-refractivity contribution is 6.12. The van der Waals surface area contributed by atoms with Crippen LogP contribution in [0.5, 0.6) is 0 Å². The number of rotatable bonds is 8. The number of likely N-dealkylation sites (N-methyl/N-ethyl adjacent to an activating group) is 1. The van der Waals surface area contributed by atoms with Crippen LogP contribution < -0.4 is 10.6 Å². The molecule has 2 heterocycles. The number of aromatic nitrogens is 2. The standard InChI is InChI=1S/C20H23N5O3/c1-25(2)11-10-22-18-14-6-5-13-4-3-8-21-17(13)19(14)24-12-15(18)20(28)23-9-7-16(26)27/h3-6,8,12H,7,9-11H2,1-2H3,(H,22,24)(H,23,28)(H,26,27). The van der Waals surface area contributed by atoms with Gasteiger partial charge in [-0.15, -0.1) is 0 Å². The Morgan fingerprint density at radius 3 is 2.68 bits per heavy atom. The molecule has 0 aliphatic heterocycles. The summed E-state index contributed by atoms with van der Waals surface area (Å²) in [6.07, 6.45) is 3.10. The summed E-state index contributed by atoms with van der Waals surface area (Å²) in [5.74, 6) is -1.32. The molecule has 0 aliphatic rings. The Hall–Kier alpha value is -3.26. The smallest absolute Gasteiger partial charge is 0.305 e. The van der Waals surface area contributed by atoms with Crippen molar-refractivity contribution in [3.63, 3.8) is 0 Å². The Morgan fingerprint density at radius 1 is 1.11 bits per heavy atom. The largest absolute Gasteiger partial charge is 0.481 e. The Labute approximate surface area is 162 Å². The number of anilines is 1. The normalized spacial score (nSPS) is 11.1. The molecule has 0 radical (unpaired) electrons. The SMILES string of the molecule is CN(C)CCNc1c(C(=O)NCCC(=O)O)cnc2c1ccc1cccnc12. The lowest BCUT2D eigenvalue weighted by atomic mass is 10.1. The molecule has 0 fully saturated rings. The molecule has 0 saturated carbocycles. The second-order valence-corrected chi connectivity index (χ2v) is 6.71. The predicted molar refractivity (Wildman–Crippen MR) is 109 cm³/mol. The molecule has 3 N–H and O–H groups in total. The minimum Gasteiger partial charge on any atom is -0.481 e. The van der Waals surface area contributed by atoms with Crippen LogP contribution in [0, 0.1) is 0 Å². The Kier molecular flexibility index (Phi) is 6.00. The van der Waals surface area contributed by atoms with Crippen LogP contribution in [0.3, 0.4) is 0 Å².